The number of carbonyl (C=O) groups is 2. The van der Waals surface area contributed by atoms with Crippen LogP contribution in [0.2, 0.25) is 0 Å². The van der Waals surface area contributed by atoms with Crippen molar-refractivity contribution in [3.63, 3.8) is 0 Å². The minimum absolute atomic E-state index is 0.00652. The molecular weight excluding hydrogens is 402 g/mol. The average molecular weight is 432 g/mol. The van der Waals surface area contributed by atoms with E-state index in [9.17, 15) is 9.59 Å². The van der Waals surface area contributed by atoms with Crippen LogP contribution in [0.25, 0.3) is 0 Å². The number of piperidine rings is 1. The fraction of sp³-hybridized carbons (Fsp3) is 0.545. The number of amides is 2. The Hall–Kier alpha value is -2.16. The molecule has 2 saturated heterocycles. The topological polar surface area (TPSA) is 75.0 Å². The Labute approximate surface area is 181 Å². The van der Waals surface area contributed by atoms with Crippen molar-refractivity contribution in [1.29, 1.82) is 0 Å². The summed E-state index contributed by atoms with van der Waals surface area (Å²) in [7, 11) is 0. The molecule has 1 N–H and O–H groups in total. The van der Waals surface area contributed by atoms with E-state index in [-0.39, 0.29) is 23.8 Å². The van der Waals surface area contributed by atoms with Gasteiger partial charge in [-0.15, -0.1) is 11.3 Å². The number of carbonyl (C=O) groups excluding carboxylic acids is 2. The van der Waals surface area contributed by atoms with Gasteiger partial charge in [0.25, 0.3) is 5.91 Å². The third-order valence-corrected chi connectivity index (χ3v) is 6.79. The van der Waals surface area contributed by atoms with E-state index in [0.717, 1.165) is 29.5 Å². The molecule has 2 fully saturated rings. The number of nitrogens with one attached hydrogen (secondary N) is 1. The summed E-state index contributed by atoms with van der Waals surface area (Å²) < 4.78 is 11.4. The van der Waals surface area contributed by atoms with Crippen molar-refractivity contribution < 1.29 is 18.7 Å². The van der Waals surface area contributed by atoms with Crippen LogP contribution in [-0.4, -0.2) is 67.6 Å². The quantitative estimate of drug-likeness (QED) is 0.761. The maximum atomic E-state index is 12.8. The second-order valence-corrected chi connectivity index (χ2v) is 8.85. The number of aryl methyl sites for hydroxylation is 1. The summed E-state index contributed by atoms with van der Waals surface area (Å²) in [6.45, 7) is 6.73. The van der Waals surface area contributed by atoms with Crippen LogP contribution in [0.1, 0.15) is 40.1 Å². The Balaban J connectivity index is 1.31. The van der Waals surface area contributed by atoms with Crippen molar-refractivity contribution in [2.45, 2.75) is 25.8 Å². The molecule has 0 spiro atoms. The first kappa shape index (κ1) is 21.1. The van der Waals surface area contributed by atoms with E-state index in [4.69, 9.17) is 9.15 Å². The number of ether oxygens (including phenoxy) is 1. The first-order chi connectivity index (χ1) is 14.6. The lowest BCUT2D eigenvalue weighted by atomic mass is 9.95. The lowest BCUT2D eigenvalue weighted by molar-refractivity contribution is -0.126. The van der Waals surface area contributed by atoms with Crippen LogP contribution in [0.4, 0.5) is 0 Å². The van der Waals surface area contributed by atoms with E-state index < -0.39 is 0 Å². The van der Waals surface area contributed by atoms with E-state index >= 15 is 0 Å². The Kier molecular flexibility index (Phi) is 6.86. The smallest absolute Gasteiger partial charge is 0.263 e. The molecule has 0 saturated carbocycles. The molecule has 2 aliphatic rings. The Morgan fingerprint density at radius 2 is 1.93 bits per heavy atom. The van der Waals surface area contributed by atoms with Gasteiger partial charge in [-0.2, -0.15) is 0 Å². The number of furan rings is 1. The zero-order valence-electron chi connectivity index (χ0n) is 17.3. The third kappa shape index (κ3) is 4.94. The molecule has 2 aromatic heterocycles. The third-order valence-electron chi connectivity index (χ3n) is 5.93. The average Bonchev–Trinajstić information content (AvgIpc) is 3.46. The molecule has 0 bridgehead atoms. The number of likely N-dealkylation sites (tertiary alicyclic amines) is 1. The fourth-order valence-corrected chi connectivity index (χ4v) is 4.86. The van der Waals surface area contributed by atoms with Crippen molar-refractivity contribution in [1.82, 2.24) is 15.1 Å². The van der Waals surface area contributed by atoms with Crippen molar-refractivity contribution in [3.05, 3.63) is 46.0 Å². The van der Waals surface area contributed by atoms with Crippen molar-refractivity contribution in [2.75, 3.05) is 45.9 Å². The van der Waals surface area contributed by atoms with Gasteiger partial charge in [0.2, 0.25) is 5.91 Å². The summed E-state index contributed by atoms with van der Waals surface area (Å²) >= 11 is 1.46. The van der Waals surface area contributed by atoms with Gasteiger partial charge < -0.3 is 19.4 Å². The maximum absolute atomic E-state index is 12.8. The number of nitrogens with zero attached hydrogens (tertiary/aromatic N) is 2. The highest BCUT2D eigenvalue weighted by Crippen LogP contribution is 2.25. The molecule has 30 heavy (non-hydrogen) atoms. The number of morpholine rings is 1. The lowest BCUT2D eigenvalue weighted by Gasteiger charge is -2.34. The van der Waals surface area contributed by atoms with Gasteiger partial charge in [0.1, 0.15) is 11.5 Å². The SMILES string of the molecule is Cc1ccc(C(CNC(=O)C2CCN(C(=O)c3cccs3)CC2)N2CCOCC2)o1. The van der Waals surface area contributed by atoms with Gasteiger partial charge in [0.15, 0.2) is 0 Å². The molecular formula is C22H29N3O4S. The van der Waals surface area contributed by atoms with E-state index in [1.807, 2.05) is 41.5 Å². The van der Waals surface area contributed by atoms with Gasteiger partial charge in [-0.3, -0.25) is 14.5 Å². The summed E-state index contributed by atoms with van der Waals surface area (Å²) in [6, 6.07) is 7.71. The zero-order chi connectivity index (χ0) is 20.9. The molecule has 1 atom stereocenters. The standard InChI is InChI=1S/C22H29N3O4S/c1-16-4-5-19(29-16)18(24-10-12-28-13-11-24)15-23-21(26)17-6-8-25(9-7-17)22(27)20-3-2-14-30-20/h2-5,14,17-18H,6-13,15H2,1H3,(H,23,26). The first-order valence-electron chi connectivity index (χ1n) is 10.6. The second kappa shape index (κ2) is 9.76. The molecule has 1 unspecified atom stereocenters. The van der Waals surface area contributed by atoms with Gasteiger partial charge in [-0.1, -0.05) is 6.07 Å². The molecule has 4 heterocycles. The van der Waals surface area contributed by atoms with Crippen molar-refractivity contribution in [3.8, 4) is 0 Å². The number of hydrogen-bond acceptors (Lipinski definition) is 6. The molecule has 0 aliphatic carbocycles. The molecule has 8 heteroatoms. The number of hydrogen-bond donors (Lipinski definition) is 1. The highest BCUT2D eigenvalue weighted by Gasteiger charge is 2.30. The van der Waals surface area contributed by atoms with Crippen molar-refractivity contribution in [2.24, 2.45) is 5.92 Å². The van der Waals surface area contributed by atoms with Gasteiger partial charge in [0, 0.05) is 38.6 Å². The monoisotopic (exact) mass is 431 g/mol. The highest BCUT2D eigenvalue weighted by molar-refractivity contribution is 7.12. The molecule has 0 aromatic carbocycles. The largest absolute Gasteiger partial charge is 0.465 e. The first-order valence-corrected chi connectivity index (χ1v) is 11.5. The van der Waals surface area contributed by atoms with Gasteiger partial charge in [-0.25, -0.2) is 0 Å². The van der Waals surface area contributed by atoms with Crippen LogP contribution in [-0.2, 0) is 9.53 Å². The van der Waals surface area contributed by atoms with E-state index in [1.54, 1.807) is 0 Å². The molecule has 162 valence electrons. The molecule has 2 aromatic rings. The Morgan fingerprint density at radius 1 is 1.17 bits per heavy atom. The van der Waals surface area contributed by atoms with Crippen LogP contribution in [0.5, 0.6) is 0 Å². The number of rotatable bonds is 6. The Morgan fingerprint density at radius 3 is 2.57 bits per heavy atom. The van der Waals surface area contributed by atoms with Gasteiger partial charge in [0.05, 0.1) is 24.1 Å². The Bertz CT molecular complexity index is 836. The summed E-state index contributed by atoms with van der Waals surface area (Å²) in [5, 5.41) is 5.06. The van der Waals surface area contributed by atoms with Crippen LogP contribution in [0, 0.1) is 12.8 Å². The van der Waals surface area contributed by atoms with Crippen LogP contribution in [0.15, 0.2) is 34.1 Å². The van der Waals surface area contributed by atoms with E-state index in [0.29, 0.717) is 45.7 Å². The summed E-state index contributed by atoms with van der Waals surface area (Å²) in [6.07, 6.45) is 1.40. The normalized spacial score (nSPS) is 19.6. The van der Waals surface area contributed by atoms with Crippen LogP contribution >= 0.6 is 11.3 Å². The number of thiophene rings is 1. The zero-order valence-corrected chi connectivity index (χ0v) is 18.2. The van der Waals surface area contributed by atoms with Crippen LogP contribution in [0.3, 0.4) is 0 Å². The molecule has 7 nitrogen and oxygen atoms in total. The predicted octanol–water partition coefficient (Wildman–Crippen LogP) is 2.69. The molecule has 4 rings (SSSR count). The van der Waals surface area contributed by atoms with Crippen molar-refractivity contribution >= 4 is 23.2 Å². The summed E-state index contributed by atoms with van der Waals surface area (Å²) in [5.41, 5.74) is 0. The fourth-order valence-electron chi connectivity index (χ4n) is 4.17. The lowest BCUT2D eigenvalue weighted by Crippen LogP contribution is -2.46. The van der Waals surface area contributed by atoms with Gasteiger partial charge >= 0.3 is 0 Å². The maximum Gasteiger partial charge on any atom is 0.263 e. The van der Waals surface area contributed by atoms with Crippen LogP contribution < -0.4 is 5.32 Å². The highest BCUT2D eigenvalue weighted by atomic mass is 32.1. The second-order valence-electron chi connectivity index (χ2n) is 7.90. The summed E-state index contributed by atoms with van der Waals surface area (Å²) in [4.78, 5) is 30.3. The summed E-state index contributed by atoms with van der Waals surface area (Å²) in [5.74, 6) is 1.84. The predicted molar refractivity (Wildman–Crippen MR) is 115 cm³/mol. The minimum atomic E-state index is -0.0546. The minimum Gasteiger partial charge on any atom is -0.465 e. The van der Waals surface area contributed by atoms with E-state index in [1.165, 1.54) is 11.3 Å². The van der Waals surface area contributed by atoms with E-state index in [2.05, 4.69) is 10.2 Å². The molecule has 2 amide bonds. The molecule has 2 aliphatic heterocycles. The molecule has 0 radical (unpaired) electrons. The van der Waals surface area contributed by atoms with Gasteiger partial charge in [-0.05, 0) is 43.3 Å².